The monoisotopic (exact) mass is 196 g/mol. The van der Waals surface area contributed by atoms with Gasteiger partial charge < -0.3 is 14.6 Å². The first-order valence-electron chi connectivity index (χ1n) is 3.93. The second-order valence-corrected chi connectivity index (χ2v) is 2.93. The van der Waals surface area contributed by atoms with Crippen molar-refractivity contribution in [2.75, 3.05) is 0 Å². The predicted molar refractivity (Wildman–Crippen MR) is 48.2 cm³/mol. The summed E-state index contributed by atoms with van der Waals surface area (Å²) in [5.74, 6) is 0.632. The molecule has 0 saturated heterocycles. The van der Waals surface area contributed by atoms with E-state index in [0.29, 0.717) is 5.92 Å². The van der Waals surface area contributed by atoms with Gasteiger partial charge in [-0.3, -0.25) is 4.57 Å². The van der Waals surface area contributed by atoms with Gasteiger partial charge in [0, 0.05) is 6.42 Å². The fourth-order valence-electron chi connectivity index (χ4n) is 0.758. The molecule has 0 fully saturated rings. The molecule has 0 aromatic heterocycles. The first-order chi connectivity index (χ1) is 5.58. The minimum absolute atomic E-state index is 0.632. The normalized spacial score (nSPS) is 9.50. The number of rotatable bonds is 4. The van der Waals surface area contributed by atoms with Crippen LogP contribution < -0.4 is 0 Å². The minimum atomic E-state index is -3.13. The van der Waals surface area contributed by atoms with E-state index in [-0.39, 0.29) is 0 Å². The summed E-state index contributed by atoms with van der Waals surface area (Å²) in [5.41, 5.74) is 0. The molecular weight excluding hydrogens is 179 g/mol. The Kier molecular flexibility index (Phi) is 12.9. The average molecular weight is 196 g/mol. The molecule has 0 aliphatic carbocycles. The fourth-order valence-corrected chi connectivity index (χ4v) is 0.758. The zero-order valence-corrected chi connectivity index (χ0v) is 8.49. The van der Waals surface area contributed by atoms with E-state index in [1.807, 2.05) is 0 Å². The maximum atomic E-state index is 9.93. The second kappa shape index (κ2) is 10.8. The Hall–Kier alpha value is -0.180. The molecule has 0 heterocycles. The highest BCUT2D eigenvalue weighted by Crippen LogP contribution is 2.09. The summed E-state index contributed by atoms with van der Waals surface area (Å²) < 4.78 is 8.74. The SMILES string of the molecule is CCC(CC)CC=O.O=[PH](O)O. The van der Waals surface area contributed by atoms with Gasteiger partial charge in [0.05, 0.1) is 0 Å². The Balaban J connectivity index is 0. The van der Waals surface area contributed by atoms with Gasteiger partial charge in [-0.1, -0.05) is 26.7 Å². The van der Waals surface area contributed by atoms with Crippen molar-refractivity contribution in [3.05, 3.63) is 0 Å². The Morgan fingerprint density at radius 3 is 1.75 bits per heavy atom. The molecule has 0 radical (unpaired) electrons. The third kappa shape index (κ3) is 16.4. The van der Waals surface area contributed by atoms with Crippen LogP contribution in [0.15, 0.2) is 0 Å². The molecule has 0 aromatic carbocycles. The first kappa shape index (κ1) is 14.3. The minimum Gasteiger partial charge on any atom is -0.326 e. The summed E-state index contributed by atoms with van der Waals surface area (Å²) in [6.45, 7) is 4.25. The lowest BCUT2D eigenvalue weighted by Gasteiger charge is -2.04. The highest BCUT2D eigenvalue weighted by molar-refractivity contribution is 7.30. The van der Waals surface area contributed by atoms with Crippen LogP contribution in [0.4, 0.5) is 0 Å². The van der Waals surface area contributed by atoms with Gasteiger partial charge in [0.15, 0.2) is 0 Å². The Morgan fingerprint density at radius 1 is 1.33 bits per heavy atom. The summed E-state index contributed by atoms with van der Waals surface area (Å²) in [6, 6.07) is 0. The van der Waals surface area contributed by atoms with Gasteiger partial charge in [0.25, 0.3) is 0 Å². The molecule has 5 heteroatoms. The second-order valence-electron chi connectivity index (χ2n) is 2.37. The van der Waals surface area contributed by atoms with E-state index >= 15 is 0 Å². The van der Waals surface area contributed by atoms with Gasteiger partial charge in [-0.15, -0.1) is 0 Å². The molecule has 0 bridgehead atoms. The summed E-state index contributed by atoms with van der Waals surface area (Å²) in [6.07, 6.45) is 4.02. The maximum absolute atomic E-state index is 9.93. The van der Waals surface area contributed by atoms with Crippen molar-refractivity contribution in [1.82, 2.24) is 0 Å². The van der Waals surface area contributed by atoms with Crippen LogP contribution >= 0.6 is 8.25 Å². The van der Waals surface area contributed by atoms with Gasteiger partial charge >= 0.3 is 8.25 Å². The molecule has 4 nitrogen and oxygen atoms in total. The Bertz CT molecular complexity index is 119. The van der Waals surface area contributed by atoms with Gasteiger partial charge in [0.2, 0.25) is 0 Å². The number of aldehydes is 1. The zero-order valence-electron chi connectivity index (χ0n) is 7.49. The van der Waals surface area contributed by atoms with E-state index in [1.165, 1.54) is 0 Å². The number of hydrogen-bond donors (Lipinski definition) is 2. The maximum Gasteiger partial charge on any atom is 0.314 e. The molecule has 0 unspecified atom stereocenters. The van der Waals surface area contributed by atoms with E-state index < -0.39 is 8.25 Å². The topological polar surface area (TPSA) is 74.6 Å². The Morgan fingerprint density at radius 2 is 1.67 bits per heavy atom. The summed E-state index contributed by atoms with van der Waals surface area (Å²) >= 11 is 0. The molecule has 74 valence electrons. The molecule has 0 amide bonds. The fraction of sp³-hybridized carbons (Fsp3) is 0.857. The molecule has 0 saturated carbocycles. The summed E-state index contributed by atoms with van der Waals surface area (Å²) in [5, 5.41) is 0. The predicted octanol–water partition coefficient (Wildman–Crippen LogP) is 1.37. The van der Waals surface area contributed by atoms with Crippen LogP contribution in [0.5, 0.6) is 0 Å². The molecule has 0 rings (SSSR count). The lowest BCUT2D eigenvalue weighted by Crippen LogP contribution is -1.95. The van der Waals surface area contributed by atoms with Crippen molar-refractivity contribution in [2.45, 2.75) is 33.1 Å². The number of carbonyl (C=O) groups excluding carboxylic acids is 1. The third-order valence-electron chi connectivity index (χ3n) is 1.58. The highest BCUT2D eigenvalue weighted by atomic mass is 31.1. The largest absolute Gasteiger partial charge is 0.326 e. The average Bonchev–Trinajstić information content (AvgIpc) is 1.99. The van der Waals surface area contributed by atoms with Crippen LogP contribution in [0.2, 0.25) is 0 Å². The van der Waals surface area contributed by atoms with Crippen LogP contribution in [-0.2, 0) is 9.36 Å². The highest BCUT2D eigenvalue weighted by Gasteiger charge is 1.99. The van der Waals surface area contributed by atoms with Crippen molar-refractivity contribution in [3.8, 4) is 0 Å². The molecular formula is C7H17O4P. The van der Waals surface area contributed by atoms with Crippen LogP contribution in [0.1, 0.15) is 33.1 Å². The van der Waals surface area contributed by atoms with Gasteiger partial charge in [-0.05, 0) is 5.92 Å². The molecule has 0 aromatic rings. The van der Waals surface area contributed by atoms with Crippen molar-refractivity contribution >= 4 is 14.5 Å². The molecule has 0 atom stereocenters. The number of carbonyl (C=O) groups is 1. The molecule has 0 spiro atoms. The van der Waals surface area contributed by atoms with Crippen LogP contribution in [-0.4, -0.2) is 16.1 Å². The van der Waals surface area contributed by atoms with Gasteiger partial charge in [-0.2, -0.15) is 0 Å². The zero-order chi connectivity index (χ0) is 9.98. The summed E-state index contributed by atoms with van der Waals surface area (Å²) in [4.78, 5) is 24.2. The third-order valence-corrected chi connectivity index (χ3v) is 1.58. The van der Waals surface area contributed by atoms with E-state index in [0.717, 1.165) is 25.5 Å². The smallest absolute Gasteiger partial charge is 0.314 e. The van der Waals surface area contributed by atoms with Crippen LogP contribution in [0.3, 0.4) is 0 Å². The Labute approximate surface area is 73.6 Å². The quantitative estimate of drug-likeness (QED) is 0.526. The molecule has 0 aliphatic heterocycles. The number of hydrogen-bond acceptors (Lipinski definition) is 2. The van der Waals surface area contributed by atoms with E-state index in [2.05, 4.69) is 13.8 Å². The van der Waals surface area contributed by atoms with Crippen molar-refractivity contribution in [1.29, 1.82) is 0 Å². The van der Waals surface area contributed by atoms with Crippen LogP contribution in [0.25, 0.3) is 0 Å². The van der Waals surface area contributed by atoms with E-state index in [4.69, 9.17) is 14.4 Å². The lowest BCUT2D eigenvalue weighted by atomic mass is 10.0. The van der Waals surface area contributed by atoms with Crippen molar-refractivity contribution in [3.63, 3.8) is 0 Å². The lowest BCUT2D eigenvalue weighted by molar-refractivity contribution is -0.108. The van der Waals surface area contributed by atoms with Gasteiger partial charge in [-0.25, -0.2) is 0 Å². The molecule has 12 heavy (non-hydrogen) atoms. The van der Waals surface area contributed by atoms with E-state index in [1.54, 1.807) is 0 Å². The molecule has 2 N–H and O–H groups in total. The van der Waals surface area contributed by atoms with E-state index in [9.17, 15) is 4.79 Å². The first-order valence-corrected chi connectivity index (χ1v) is 5.24. The standard InChI is InChI=1S/C7H14O.H3O3P/c1-3-7(4-2)5-6-8;1-4(2)3/h6-7H,3-5H2,1-2H3;4H,(H2,1,2,3). The molecule has 0 aliphatic rings. The van der Waals surface area contributed by atoms with Crippen molar-refractivity contribution < 1.29 is 19.1 Å². The van der Waals surface area contributed by atoms with Crippen LogP contribution in [0, 0.1) is 5.92 Å². The summed E-state index contributed by atoms with van der Waals surface area (Å²) in [7, 11) is -3.13. The van der Waals surface area contributed by atoms with Gasteiger partial charge in [0.1, 0.15) is 6.29 Å². The van der Waals surface area contributed by atoms with Crippen molar-refractivity contribution in [2.24, 2.45) is 5.92 Å².